The molecule has 0 amide bonds. The Bertz CT molecular complexity index is 625. The van der Waals surface area contributed by atoms with Crippen molar-refractivity contribution in [2.45, 2.75) is 19.3 Å². The zero-order chi connectivity index (χ0) is 16.0. The fraction of sp³-hybridized carbons (Fsp3) is 0.455. The van der Waals surface area contributed by atoms with Crippen LogP contribution >= 0.6 is 26.6 Å². The molecule has 0 heterocycles. The molecule has 0 aliphatic heterocycles. The second-order valence-electron chi connectivity index (χ2n) is 4.14. The van der Waals surface area contributed by atoms with Crippen molar-refractivity contribution >= 4 is 41.4 Å². The molecule has 118 valence electrons. The predicted octanol–water partition coefficient (Wildman–Crippen LogP) is 3.61. The zero-order valence-corrected chi connectivity index (χ0v) is 13.9. The monoisotopic (exact) mass is 403 g/mol. The highest BCUT2D eigenvalue weighted by atomic mass is 79.9. The van der Waals surface area contributed by atoms with E-state index in [1.54, 1.807) is 0 Å². The highest BCUT2D eigenvalue weighted by Gasteiger charge is 2.18. The van der Waals surface area contributed by atoms with Gasteiger partial charge in [0, 0.05) is 22.8 Å². The highest BCUT2D eigenvalue weighted by Crippen LogP contribution is 2.32. The number of benzene rings is 1. The van der Waals surface area contributed by atoms with Crippen LogP contribution in [0.25, 0.3) is 0 Å². The molecular formula is C11H12BrClFNO5S. The lowest BCUT2D eigenvalue weighted by atomic mass is 10.2. The minimum absolute atomic E-state index is 0.0196. The number of nitro groups is 1. The molecule has 0 bridgehead atoms. The molecule has 0 atom stereocenters. The van der Waals surface area contributed by atoms with Crippen molar-refractivity contribution in [3.63, 3.8) is 0 Å². The Morgan fingerprint density at radius 2 is 2.00 bits per heavy atom. The summed E-state index contributed by atoms with van der Waals surface area (Å²) in [6.45, 7) is 0.115. The molecule has 10 heteroatoms. The molecule has 0 unspecified atom stereocenters. The molecule has 0 saturated carbocycles. The topological polar surface area (TPSA) is 86.5 Å². The van der Waals surface area contributed by atoms with E-state index in [0.717, 1.165) is 12.1 Å². The minimum Gasteiger partial charge on any atom is -0.487 e. The zero-order valence-electron chi connectivity index (χ0n) is 10.7. The summed E-state index contributed by atoms with van der Waals surface area (Å²) in [5, 5.41) is 10.8. The Morgan fingerprint density at radius 1 is 1.33 bits per heavy atom. The third-order valence-electron chi connectivity index (χ3n) is 2.49. The van der Waals surface area contributed by atoms with Crippen LogP contribution in [-0.2, 0) is 9.05 Å². The van der Waals surface area contributed by atoms with E-state index >= 15 is 0 Å². The number of nitrogens with zero attached hydrogens (tertiary/aromatic N) is 1. The molecule has 0 N–H and O–H groups in total. The van der Waals surface area contributed by atoms with Gasteiger partial charge in [0.25, 0.3) is 0 Å². The minimum atomic E-state index is -3.50. The molecule has 0 spiro atoms. The van der Waals surface area contributed by atoms with Crippen molar-refractivity contribution in [3.05, 3.63) is 32.5 Å². The maximum absolute atomic E-state index is 13.4. The molecule has 21 heavy (non-hydrogen) atoms. The maximum Gasteiger partial charge on any atom is 0.312 e. The van der Waals surface area contributed by atoms with Crippen LogP contribution in [0.4, 0.5) is 10.1 Å². The van der Waals surface area contributed by atoms with Crippen LogP contribution < -0.4 is 4.74 Å². The summed E-state index contributed by atoms with van der Waals surface area (Å²) in [6, 6.07) is 1.97. The lowest BCUT2D eigenvalue weighted by Gasteiger charge is -2.07. The summed E-state index contributed by atoms with van der Waals surface area (Å²) in [7, 11) is 1.55. The van der Waals surface area contributed by atoms with E-state index in [9.17, 15) is 22.9 Å². The summed E-state index contributed by atoms with van der Waals surface area (Å²) in [5.41, 5.74) is -0.341. The van der Waals surface area contributed by atoms with Crippen LogP contribution in [-0.4, -0.2) is 25.7 Å². The molecule has 0 aliphatic carbocycles. The van der Waals surface area contributed by atoms with Crippen LogP contribution in [0.3, 0.4) is 0 Å². The van der Waals surface area contributed by atoms with Gasteiger partial charge in [-0.3, -0.25) is 10.1 Å². The summed E-state index contributed by atoms with van der Waals surface area (Å²) in [4.78, 5) is 10.2. The van der Waals surface area contributed by atoms with Crippen molar-refractivity contribution in [2.75, 3.05) is 12.4 Å². The third kappa shape index (κ3) is 6.58. The van der Waals surface area contributed by atoms with Gasteiger partial charge in [0.1, 0.15) is 5.82 Å². The van der Waals surface area contributed by atoms with E-state index < -0.39 is 19.8 Å². The first-order valence-electron chi connectivity index (χ1n) is 5.89. The largest absolute Gasteiger partial charge is 0.487 e. The van der Waals surface area contributed by atoms with Crippen LogP contribution in [0, 0.1) is 15.9 Å². The number of hydrogen-bond acceptors (Lipinski definition) is 5. The van der Waals surface area contributed by atoms with E-state index in [1.165, 1.54) is 0 Å². The normalized spacial score (nSPS) is 11.4. The van der Waals surface area contributed by atoms with Gasteiger partial charge in [-0.25, -0.2) is 12.8 Å². The lowest BCUT2D eigenvalue weighted by Crippen LogP contribution is -2.03. The number of unbranched alkanes of at least 4 members (excludes halogenated alkanes) is 2. The van der Waals surface area contributed by atoms with E-state index in [4.69, 9.17) is 15.4 Å². The van der Waals surface area contributed by atoms with Crippen LogP contribution in [0.1, 0.15) is 19.3 Å². The van der Waals surface area contributed by atoms with E-state index in [2.05, 4.69) is 15.9 Å². The first-order chi connectivity index (χ1) is 9.70. The van der Waals surface area contributed by atoms with Gasteiger partial charge >= 0.3 is 5.69 Å². The fourth-order valence-corrected chi connectivity index (χ4v) is 2.72. The Balaban J connectivity index is 2.52. The highest BCUT2D eigenvalue weighted by molar-refractivity contribution is 9.10. The van der Waals surface area contributed by atoms with Gasteiger partial charge < -0.3 is 4.74 Å². The molecule has 6 nitrogen and oxygen atoms in total. The van der Waals surface area contributed by atoms with Crippen molar-refractivity contribution < 1.29 is 22.5 Å². The second-order valence-corrected chi connectivity index (χ2v) is 7.89. The molecule has 0 saturated heterocycles. The van der Waals surface area contributed by atoms with Crippen molar-refractivity contribution in [3.8, 4) is 5.75 Å². The molecule has 0 fully saturated rings. The summed E-state index contributed by atoms with van der Waals surface area (Å²) in [5.74, 6) is -0.962. The Morgan fingerprint density at radius 3 is 2.57 bits per heavy atom. The smallest absolute Gasteiger partial charge is 0.312 e. The summed E-state index contributed by atoms with van der Waals surface area (Å²) < 4.78 is 39.9. The van der Waals surface area contributed by atoms with Gasteiger partial charge in [-0.2, -0.15) is 0 Å². The fourth-order valence-electron chi connectivity index (χ4n) is 1.51. The number of ether oxygens (including phenoxy) is 1. The molecule has 1 aromatic rings. The molecule has 1 rings (SSSR count). The third-order valence-corrected chi connectivity index (χ3v) is 4.34. The van der Waals surface area contributed by atoms with Gasteiger partial charge in [0.05, 0.1) is 21.8 Å². The van der Waals surface area contributed by atoms with Crippen molar-refractivity contribution in [1.82, 2.24) is 0 Å². The van der Waals surface area contributed by atoms with Gasteiger partial charge in [-0.15, -0.1) is 0 Å². The van der Waals surface area contributed by atoms with Crippen LogP contribution in [0.15, 0.2) is 16.6 Å². The van der Waals surface area contributed by atoms with Crippen LogP contribution in [0.5, 0.6) is 5.75 Å². The van der Waals surface area contributed by atoms with E-state index in [0.29, 0.717) is 19.3 Å². The van der Waals surface area contributed by atoms with Gasteiger partial charge in [0.15, 0.2) is 5.75 Å². The second kappa shape index (κ2) is 7.90. The van der Waals surface area contributed by atoms with Crippen LogP contribution in [0.2, 0.25) is 0 Å². The van der Waals surface area contributed by atoms with Crippen molar-refractivity contribution in [1.29, 1.82) is 0 Å². The summed E-state index contributed by atoms with van der Waals surface area (Å²) in [6.07, 6.45) is 1.37. The Hall–Kier alpha value is -0.930. The molecule has 0 aliphatic rings. The number of nitro benzene ring substituents is 1. The number of rotatable bonds is 8. The SMILES string of the molecule is O=[N+]([O-])c1cc(Br)c(F)cc1OCCCCCS(=O)(=O)Cl. The molecule has 1 aromatic carbocycles. The number of hydrogen-bond donors (Lipinski definition) is 0. The van der Waals surface area contributed by atoms with E-state index in [-0.39, 0.29) is 28.3 Å². The van der Waals surface area contributed by atoms with Gasteiger partial charge in [0.2, 0.25) is 9.05 Å². The average molecular weight is 405 g/mol. The first-order valence-corrected chi connectivity index (χ1v) is 9.16. The average Bonchev–Trinajstić information content (AvgIpc) is 2.35. The standard InChI is InChI=1S/C11H12BrClFNO5S/c12-8-6-10(15(16)17)11(7-9(8)14)20-4-2-1-3-5-21(13,18)19/h6-7H,1-5H2. The Labute approximate surface area is 133 Å². The summed E-state index contributed by atoms with van der Waals surface area (Å²) >= 11 is 2.87. The quantitative estimate of drug-likeness (QED) is 0.286. The van der Waals surface area contributed by atoms with Gasteiger partial charge in [-0.1, -0.05) is 0 Å². The maximum atomic E-state index is 13.4. The van der Waals surface area contributed by atoms with Gasteiger partial charge in [-0.05, 0) is 35.2 Å². The van der Waals surface area contributed by atoms with E-state index in [1.807, 2.05) is 0 Å². The molecule has 0 aromatic heterocycles. The molecular weight excluding hydrogens is 393 g/mol. The first kappa shape index (κ1) is 18.1. The number of halogens is 3. The Kier molecular flexibility index (Phi) is 6.82. The van der Waals surface area contributed by atoms with Crippen molar-refractivity contribution in [2.24, 2.45) is 0 Å². The predicted molar refractivity (Wildman–Crippen MR) is 79.7 cm³/mol. The molecule has 0 radical (unpaired) electrons. The lowest BCUT2D eigenvalue weighted by molar-refractivity contribution is -0.386.